The molecule has 0 unspecified atom stereocenters. The van der Waals surface area contributed by atoms with Crippen molar-refractivity contribution < 1.29 is 9.53 Å². The highest BCUT2D eigenvalue weighted by atomic mass is 16.5. The van der Waals surface area contributed by atoms with Gasteiger partial charge in [-0.3, -0.25) is 0 Å². The molecule has 1 heterocycles. The Labute approximate surface area is 123 Å². The average molecular weight is 281 g/mol. The van der Waals surface area contributed by atoms with Gasteiger partial charge >= 0.3 is 5.97 Å². The van der Waals surface area contributed by atoms with E-state index in [-0.39, 0.29) is 17.0 Å². The Bertz CT molecular complexity index is 677. The van der Waals surface area contributed by atoms with Crippen LogP contribution in [0.2, 0.25) is 0 Å². The summed E-state index contributed by atoms with van der Waals surface area (Å²) < 4.78 is 5.10. The van der Waals surface area contributed by atoms with Gasteiger partial charge in [0.05, 0.1) is 5.56 Å². The molecule has 0 amide bonds. The molecule has 5 nitrogen and oxygen atoms in total. The second-order valence-electron chi connectivity index (χ2n) is 5.59. The van der Waals surface area contributed by atoms with E-state index in [1.54, 1.807) is 12.1 Å². The number of hydrogen-bond acceptors (Lipinski definition) is 5. The molecule has 0 aliphatic heterocycles. The van der Waals surface area contributed by atoms with Crippen molar-refractivity contribution >= 4 is 5.97 Å². The van der Waals surface area contributed by atoms with Crippen molar-refractivity contribution in [3.63, 3.8) is 0 Å². The number of carbonyl (C=O) groups is 1. The monoisotopic (exact) mass is 281 g/mol. The third-order valence-electron chi connectivity index (χ3n) is 2.94. The van der Waals surface area contributed by atoms with E-state index in [1.807, 2.05) is 18.2 Å². The maximum atomic E-state index is 12.0. The summed E-state index contributed by atoms with van der Waals surface area (Å²) in [6.07, 6.45) is 0. The number of aromatic nitrogens is 2. The van der Waals surface area contributed by atoms with Crippen LogP contribution in [-0.2, 0) is 5.41 Å². The summed E-state index contributed by atoms with van der Waals surface area (Å²) in [4.78, 5) is 12.0. The van der Waals surface area contributed by atoms with Crippen molar-refractivity contribution in [1.82, 2.24) is 10.2 Å². The summed E-state index contributed by atoms with van der Waals surface area (Å²) in [7, 11) is 0. The largest absolute Gasteiger partial charge is 0.402 e. The first-order valence-electron chi connectivity index (χ1n) is 6.47. The second-order valence-corrected chi connectivity index (χ2v) is 5.59. The Morgan fingerprint density at radius 1 is 1.10 bits per heavy atom. The van der Waals surface area contributed by atoms with E-state index in [2.05, 4.69) is 31.0 Å². The maximum absolute atomic E-state index is 12.0. The van der Waals surface area contributed by atoms with E-state index >= 15 is 0 Å². The topological polar surface area (TPSA) is 75.9 Å². The zero-order chi connectivity index (χ0) is 15.5. The molecule has 0 atom stereocenters. The molecule has 0 spiro atoms. The van der Waals surface area contributed by atoms with E-state index < -0.39 is 5.97 Å². The van der Waals surface area contributed by atoms with Crippen molar-refractivity contribution in [2.45, 2.75) is 26.2 Å². The fourth-order valence-corrected chi connectivity index (χ4v) is 1.69. The lowest BCUT2D eigenvalue weighted by Crippen LogP contribution is -2.13. The van der Waals surface area contributed by atoms with Gasteiger partial charge in [0.1, 0.15) is 6.07 Å². The highest BCUT2D eigenvalue weighted by Gasteiger charge is 2.15. The number of carbonyl (C=O) groups excluding carboxylic acids is 1. The third-order valence-corrected chi connectivity index (χ3v) is 2.94. The van der Waals surface area contributed by atoms with Gasteiger partial charge < -0.3 is 4.74 Å². The first-order valence-corrected chi connectivity index (χ1v) is 6.47. The van der Waals surface area contributed by atoms with E-state index in [0.717, 1.165) is 5.56 Å². The maximum Gasteiger partial charge on any atom is 0.344 e. The summed E-state index contributed by atoms with van der Waals surface area (Å²) >= 11 is 0. The van der Waals surface area contributed by atoms with E-state index in [1.165, 1.54) is 12.1 Å². The number of hydrogen-bond donors (Lipinski definition) is 0. The molecule has 0 fully saturated rings. The van der Waals surface area contributed by atoms with Crippen LogP contribution in [0.25, 0.3) is 0 Å². The Hall–Kier alpha value is -2.74. The number of ether oxygens (including phenoxy) is 1. The molecular weight excluding hydrogens is 266 g/mol. The molecule has 0 saturated heterocycles. The molecule has 2 aromatic rings. The van der Waals surface area contributed by atoms with Crippen LogP contribution in [0.5, 0.6) is 5.88 Å². The zero-order valence-corrected chi connectivity index (χ0v) is 12.1. The summed E-state index contributed by atoms with van der Waals surface area (Å²) in [5.41, 5.74) is 1.77. The van der Waals surface area contributed by atoms with Crippen molar-refractivity contribution in [2.24, 2.45) is 0 Å². The zero-order valence-electron chi connectivity index (χ0n) is 12.1. The van der Waals surface area contributed by atoms with E-state index in [4.69, 9.17) is 10.00 Å². The standard InChI is InChI=1S/C16H15N3O2/c1-16(2,3)12-6-4-11(5-7-12)15(20)21-14-9-8-13(10-17)18-19-14/h4-9H,1-3H3. The predicted molar refractivity (Wildman–Crippen MR) is 76.8 cm³/mol. The van der Waals surface area contributed by atoms with Gasteiger partial charge in [0.2, 0.25) is 5.88 Å². The number of benzene rings is 1. The second kappa shape index (κ2) is 5.71. The Balaban J connectivity index is 2.11. The SMILES string of the molecule is CC(C)(C)c1ccc(C(=O)Oc2ccc(C#N)nn2)cc1. The normalized spacial score (nSPS) is 10.8. The van der Waals surface area contributed by atoms with Gasteiger partial charge in [-0.25, -0.2) is 4.79 Å². The van der Waals surface area contributed by atoms with Crippen molar-refractivity contribution in [3.05, 3.63) is 53.2 Å². The number of esters is 1. The van der Waals surface area contributed by atoms with Crippen molar-refractivity contribution in [3.8, 4) is 11.9 Å². The van der Waals surface area contributed by atoms with Gasteiger partial charge in [0.25, 0.3) is 0 Å². The lowest BCUT2D eigenvalue weighted by atomic mass is 9.87. The molecule has 0 N–H and O–H groups in total. The van der Waals surface area contributed by atoms with E-state index in [0.29, 0.717) is 5.56 Å². The van der Waals surface area contributed by atoms with Crippen LogP contribution in [0.15, 0.2) is 36.4 Å². The smallest absolute Gasteiger partial charge is 0.344 e. The fourth-order valence-electron chi connectivity index (χ4n) is 1.69. The van der Waals surface area contributed by atoms with Crippen LogP contribution in [-0.4, -0.2) is 16.2 Å². The fraction of sp³-hybridized carbons (Fsp3) is 0.250. The highest BCUT2D eigenvalue weighted by molar-refractivity contribution is 5.90. The van der Waals surface area contributed by atoms with E-state index in [9.17, 15) is 4.79 Å². The van der Waals surface area contributed by atoms with Crippen LogP contribution in [0, 0.1) is 11.3 Å². The van der Waals surface area contributed by atoms with Crippen LogP contribution >= 0.6 is 0 Å². The van der Waals surface area contributed by atoms with Gasteiger partial charge in [-0.2, -0.15) is 5.26 Å². The lowest BCUT2D eigenvalue weighted by molar-refractivity contribution is 0.0725. The first kappa shape index (κ1) is 14.7. The molecule has 0 saturated carbocycles. The minimum atomic E-state index is -0.505. The number of rotatable bonds is 2. The third kappa shape index (κ3) is 3.63. The molecular formula is C16H15N3O2. The predicted octanol–water partition coefficient (Wildman–Crippen LogP) is 2.86. The molecule has 2 rings (SSSR count). The minimum absolute atomic E-state index is 0.0288. The van der Waals surface area contributed by atoms with Gasteiger partial charge in [0, 0.05) is 6.07 Å². The van der Waals surface area contributed by atoms with Crippen molar-refractivity contribution in [2.75, 3.05) is 0 Å². The van der Waals surface area contributed by atoms with Crippen LogP contribution in [0.4, 0.5) is 0 Å². The van der Waals surface area contributed by atoms with Crippen LogP contribution < -0.4 is 4.74 Å². The van der Waals surface area contributed by atoms with Gasteiger partial charge in [-0.05, 0) is 29.2 Å². The summed E-state index contributed by atoms with van der Waals surface area (Å²) in [6.45, 7) is 6.31. The Kier molecular flexibility index (Phi) is 3.99. The van der Waals surface area contributed by atoms with Gasteiger partial charge in [-0.1, -0.05) is 32.9 Å². The quantitative estimate of drug-likeness (QED) is 0.791. The van der Waals surface area contributed by atoms with Crippen LogP contribution in [0.1, 0.15) is 42.4 Å². The Morgan fingerprint density at radius 2 is 1.76 bits per heavy atom. The molecule has 0 aliphatic carbocycles. The summed E-state index contributed by atoms with van der Waals surface area (Å²) in [6, 6.07) is 12.0. The number of nitriles is 1. The molecule has 5 heteroatoms. The van der Waals surface area contributed by atoms with Gasteiger partial charge in [-0.15, -0.1) is 10.2 Å². The molecule has 21 heavy (non-hydrogen) atoms. The van der Waals surface area contributed by atoms with Gasteiger partial charge in [0.15, 0.2) is 5.69 Å². The minimum Gasteiger partial charge on any atom is -0.402 e. The summed E-state index contributed by atoms with van der Waals surface area (Å²) in [5.74, 6) is -0.437. The lowest BCUT2D eigenvalue weighted by Gasteiger charge is -2.18. The first-order chi connectivity index (χ1) is 9.90. The Morgan fingerprint density at radius 3 is 2.24 bits per heavy atom. The molecule has 106 valence electrons. The molecule has 1 aromatic heterocycles. The molecule has 0 aliphatic rings. The summed E-state index contributed by atoms with van der Waals surface area (Å²) in [5, 5.41) is 15.9. The number of nitrogens with zero attached hydrogens (tertiary/aromatic N) is 3. The molecule has 1 aromatic carbocycles. The van der Waals surface area contributed by atoms with Crippen LogP contribution in [0.3, 0.4) is 0 Å². The molecule has 0 radical (unpaired) electrons. The average Bonchev–Trinajstić information content (AvgIpc) is 2.47. The van der Waals surface area contributed by atoms with Crippen molar-refractivity contribution in [1.29, 1.82) is 5.26 Å². The molecule has 0 bridgehead atoms. The highest BCUT2D eigenvalue weighted by Crippen LogP contribution is 2.22.